The van der Waals surface area contributed by atoms with Crippen molar-refractivity contribution in [2.75, 3.05) is 26.2 Å². The number of nitrogens with zero attached hydrogens (tertiary/aromatic N) is 6. The molecular formula is C29H31N7O4. The summed E-state index contributed by atoms with van der Waals surface area (Å²) in [4.78, 5) is 18.6. The number of fused-ring (bicyclic) bond motifs is 1. The number of likely N-dealkylation sites (tertiary alicyclic amines) is 1. The van der Waals surface area contributed by atoms with Crippen molar-refractivity contribution >= 4 is 5.97 Å². The van der Waals surface area contributed by atoms with Crippen LogP contribution in [0.4, 0.5) is 0 Å². The van der Waals surface area contributed by atoms with E-state index in [0.717, 1.165) is 29.7 Å². The predicted octanol–water partition coefficient (Wildman–Crippen LogP) is 1.99. The number of esters is 1. The minimum atomic E-state index is -0.956. The maximum atomic E-state index is 11.9. The summed E-state index contributed by atoms with van der Waals surface area (Å²) in [6, 6.07) is 17.4. The lowest BCUT2D eigenvalue weighted by Crippen LogP contribution is -2.42. The number of carbonyl (C=O) groups is 1. The molecular weight excluding hydrogens is 510 g/mol. The van der Waals surface area contributed by atoms with E-state index < -0.39 is 12.3 Å². The number of aromatic nitrogens is 5. The van der Waals surface area contributed by atoms with Crippen molar-refractivity contribution < 1.29 is 19.7 Å². The van der Waals surface area contributed by atoms with Gasteiger partial charge in [-0.25, -0.2) is 4.79 Å². The lowest BCUT2D eigenvalue weighted by molar-refractivity contribution is 0.0535. The number of ether oxygens (including phenoxy) is 1. The summed E-state index contributed by atoms with van der Waals surface area (Å²) in [7, 11) is 0. The SMILES string of the molecule is Cc1c([C@@H](O)CN2CCC(CNC(O)c3ccc(-n4cnnn4)cn3)(c3ccccc3)C2)ccc2c1COC2=O. The molecule has 1 fully saturated rings. The zero-order valence-corrected chi connectivity index (χ0v) is 22.1. The monoisotopic (exact) mass is 541 g/mol. The van der Waals surface area contributed by atoms with Crippen molar-refractivity contribution in [3.05, 3.63) is 101 Å². The van der Waals surface area contributed by atoms with Crippen molar-refractivity contribution in [1.29, 1.82) is 0 Å². The highest BCUT2D eigenvalue weighted by molar-refractivity contribution is 5.93. The fraction of sp³-hybridized carbons (Fsp3) is 0.345. The van der Waals surface area contributed by atoms with Crippen molar-refractivity contribution in [1.82, 2.24) is 35.4 Å². The van der Waals surface area contributed by atoms with Crippen LogP contribution in [0.2, 0.25) is 0 Å². The molecule has 4 aromatic rings. The standard InChI is InChI=1S/C29H31N7O4/c1-19-22(8-9-23-24(19)15-40-28(23)39)26(37)14-35-12-11-29(17-35,20-5-3-2-4-6-20)16-31-27(38)25-10-7-21(13-30-25)36-18-32-33-34-36/h2-10,13,18,26-27,31,37-38H,11-12,14-17H2,1H3/t26-,27?,29?/m0/s1. The normalized spacial score (nSPS) is 20.3. The number of β-amino-alcohol motifs (C(OH)–C–C–N with tert-alkyl or cyclic N) is 1. The zero-order chi connectivity index (χ0) is 27.7. The Bertz CT molecular complexity index is 1480. The Labute approximate surface area is 231 Å². The second kappa shape index (κ2) is 10.9. The minimum Gasteiger partial charge on any atom is -0.457 e. The van der Waals surface area contributed by atoms with Crippen molar-refractivity contribution in [2.24, 2.45) is 0 Å². The summed E-state index contributed by atoms with van der Waals surface area (Å²) < 4.78 is 6.68. The van der Waals surface area contributed by atoms with Crippen LogP contribution >= 0.6 is 0 Å². The molecule has 40 heavy (non-hydrogen) atoms. The van der Waals surface area contributed by atoms with Gasteiger partial charge in [-0.3, -0.25) is 15.2 Å². The first-order valence-corrected chi connectivity index (χ1v) is 13.3. The van der Waals surface area contributed by atoms with Crippen LogP contribution in [0.3, 0.4) is 0 Å². The van der Waals surface area contributed by atoms with Gasteiger partial charge in [-0.15, -0.1) is 5.10 Å². The molecule has 0 spiro atoms. The Morgan fingerprint density at radius 1 is 1.12 bits per heavy atom. The highest BCUT2D eigenvalue weighted by Crippen LogP contribution is 2.36. The Balaban J connectivity index is 1.15. The van der Waals surface area contributed by atoms with Crippen LogP contribution in [-0.2, 0) is 16.8 Å². The summed E-state index contributed by atoms with van der Waals surface area (Å²) in [6.07, 6.45) is 2.31. The van der Waals surface area contributed by atoms with Gasteiger partial charge in [-0.1, -0.05) is 36.4 Å². The predicted molar refractivity (Wildman–Crippen MR) is 144 cm³/mol. The summed E-state index contributed by atoms with van der Waals surface area (Å²) in [5.74, 6) is -0.306. The molecule has 6 rings (SSSR count). The van der Waals surface area contributed by atoms with Gasteiger partial charge in [0.05, 0.1) is 29.2 Å². The van der Waals surface area contributed by atoms with E-state index in [1.165, 1.54) is 16.6 Å². The maximum Gasteiger partial charge on any atom is 0.338 e. The third-order valence-corrected chi connectivity index (χ3v) is 8.12. The van der Waals surface area contributed by atoms with E-state index in [1.807, 2.05) is 31.2 Å². The average molecular weight is 542 g/mol. The molecule has 3 N–H and O–H groups in total. The molecule has 11 heteroatoms. The molecule has 4 heterocycles. The summed E-state index contributed by atoms with van der Waals surface area (Å²) in [6.45, 7) is 4.69. The van der Waals surface area contributed by atoms with Crippen LogP contribution in [0.5, 0.6) is 0 Å². The first-order valence-electron chi connectivity index (χ1n) is 13.3. The molecule has 0 saturated carbocycles. The second-order valence-corrected chi connectivity index (χ2v) is 10.5. The van der Waals surface area contributed by atoms with E-state index in [-0.39, 0.29) is 18.0 Å². The molecule has 11 nitrogen and oxygen atoms in total. The Morgan fingerprint density at radius 2 is 1.98 bits per heavy atom. The first-order chi connectivity index (χ1) is 19.4. The Kier molecular flexibility index (Phi) is 7.11. The maximum absolute atomic E-state index is 11.9. The fourth-order valence-corrected chi connectivity index (χ4v) is 5.83. The number of hydrogen-bond acceptors (Lipinski definition) is 10. The molecule has 0 amide bonds. The van der Waals surface area contributed by atoms with Crippen LogP contribution in [-0.4, -0.2) is 72.5 Å². The topological polar surface area (TPSA) is 139 Å². The number of rotatable bonds is 9. The molecule has 2 aromatic carbocycles. The van der Waals surface area contributed by atoms with E-state index in [4.69, 9.17) is 4.74 Å². The lowest BCUT2D eigenvalue weighted by atomic mass is 9.79. The zero-order valence-electron chi connectivity index (χ0n) is 22.1. The number of cyclic esters (lactones) is 1. The van der Waals surface area contributed by atoms with E-state index in [9.17, 15) is 15.0 Å². The van der Waals surface area contributed by atoms with E-state index >= 15 is 0 Å². The number of carbonyl (C=O) groups excluding carboxylic acids is 1. The van der Waals surface area contributed by atoms with Crippen molar-refractivity contribution in [3.63, 3.8) is 0 Å². The van der Waals surface area contributed by atoms with Gasteiger partial charge in [0.15, 0.2) is 0 Å². The van der Waals surface area contributed by atoms with E-state index in [2.05, 4.69) is 42.9 Å². The van der Waals surface area contributed by atoms with Crippen molar-refractivity contribution in [2.45, 2.75) is 37.7 Å². The van der Waals surface area contributed by atoms with Gasteiger partial charge in [0, 0.05) is 30.6 Å². The van der Waals surface area contributed by atoms with Crippen LogP contribution in [0.25, 0.3) is 5.69 Å². The first kappa shape index (κ1) is 26.2. The van der Waals surface area contributed by atoms with Gasteiger partial charge < -0.3 is 14.9 Å². The van der Waals surface area contributed by atoms with Crippen LogP contribution in [0, 0.1) is 6.92 Å². The third kappa shape index (κ3) is 5.00. The summed E-state index contributed by atoms with van der Waals surface area (Å²) >= 11 is 0. The lowest BCUT2D eigenvalue weighted by Gasteiger charge is -2.32. The van der Waals surface area contributed by atoms with Gasteiger partial charge in [-0.05, 0) is 65.2 Å². The number of nitrogens with one attached hydrogen (secondary N) is 1. The summed E-state index contributed by atoms with van der Waals surface area (Å²) in [5.41, 5.74) is 5.29. The molecule has 3 atom stereocenters. The number of benzene rings is 2. The molecule has 0 aliphatic carbocycles. The summed E-state index contributed by atoms with van der Waals surface area (Å²) in [5, 5.41) is 36.6. The number of hydrogen-bond donors (Lipinski definition) is 3. The molecule has 2 aliphatic rings. The molecule has 2 aromatic heterocycles. The fourth-order valence-electron chi connectivity index (χ4n) is 5.83. The highest BCUT2D eigenvalue weighted by atomic mass is 16.5. The molecule has 206 valence electrons. The molecule has 0 radical (unpaired) electrons. The van der Waals surface area contributed by atoms with Crippen LogP contribution in [0.15, 0.2) is 67.1 Å². The quantitative estimate of drug-likeness (QED) is 0.213. The number of pyridine rings is 1. The van der Waals surface area contributed by atoms with Gasteiger partial charge in [0.1, 0.15) is 19.2 Å². The van der Waals surface area contributed by atoms with Crippen molar-refractivity contribution in [3.8, 4) is 5.69 Å². The van der Waals surface area contributed by atoms with E-state index in [1.54, 1.807) is 24.4 Å². The Morgan fingerprint density at radius 3 is 2.73 bits per heavy atom. The minimum absolute atomic E-state index is 0.255. The average Bonchev–Trinajstić information content (AvgIpc) is 3.74. The third-order valence-electron chi connectivity index (χ3n) is 8.12. The largest absolute Gasteiger partial charge is 0.457 e. The number of aliphatic hydroxyl groups is 2. The highest BCUT2D eigenvalue weighted by Gasteiger charge is 2.40. The van der Waals surface area contributed by atoms with Gasteiger partial charge in [0.2, 0.25) is 0 Å². The molecule has 2 unspecified atom stereocenters. The van der Waals surface area contributed by atoms with E-state index in [0.29, 0.717) is 36.6 Å². The molecule has 1 saturated heterocycles. The number of aliphatic hydroxyl groups excluding tert-OH is 2. The van der Waals surface area contributed by atoms with Crippen LogP contribution < -0.4 is 5.32 Å². The van der Waals surface area contributed by atoms with Crippen LogP contribution in [0.1, 0.15) is 57.1 Å². The van der Waals surface area contributed by atoms with Gasteiger partial charge in [-0.2, -0.15) is 4.68 Å². The van der Waals surface area contributed by atoms with Gasteiger partial charge in [0.25, 0.3) is 0 Å². The van der Waals surface area contributed by atoms with Gasteiger partial charge >= 0.3 is 5.97 Å². The molecule has 0 bridgehead atoms. The molecule has 2 aliphatic heterocycles. The second-order valence-electron chi connectivity index (χ2n) is 10.5. The smallest absolute Gasteiger partial charge is 0.338 e. The Hall–Kier alpha value is -4.03. The number of tetrazole rings is 1.